The zero-order valence-corrected chi connectivity index (χ0v) is 4.02. The SMILES string of the molecule is FCC([S])Cl. The smallest absolute Gasteiger partial charge is 0.117 e. The van der Waals surface area contributed by atoms with E-state index in [1.54, 1.807) is 0 Å². The summed E-state index contributed by atoms with van der Waals surface area (Å²) in [6.07, 6.45) is 0. The molecule has 1 unspecified atom stereocenters. The van der Waals surface area contributed by atoms with Gasteiger partial charge in [-0.3, -0.25) is 0 Å². The van der Waals surface area contributed by atoms with Crippen molar-refractivity contribution in [3.05, 3.63) is 0 Å². The molecule has 0 saturated heterocycles. The van der Waals surface area contributed by atoms with Gasteiger partial charge in [0.2, 0.25) is 0 Å². The molecule has 31 valence electrons. The molecule has 0 aromatic heterocycles. The van der Waals surface area contributed by atoms with Crippen molar-refractivity contribution in [1.29, 1.82) is 0 Å². The Balaban J connectivity index is 2.54. The fourth-order valence-electron chi connectivity index (χ4n) is 0. The highest BCUT2D eigenvalue weighted by Gasteiger charge is 1.89. The summed E-state index contributed by atoms with van der Waals surface area (Å²) in [6, 6.07) is 0. The second-order valence-electron chi connectivity index (χ2n) is 0.564. The molecule has 0 amide bonds. The van der Waals surface area contributed by atoms with Gasteiger partial charge in [-0.2, -0.15) is 0 Å². The lowest BCUT2D eigenvalue weighted by molar-refractivity contribution is 0.521. The van der Waals surface area contributed by atoms with Gasteiger partial charge in [0.15, 0.2) is 0 Å². The second kappa shape index (κ2) is 2.79. The van der Waals surface area contributed by atoms with Crippen LogP contribution in [-0.4, -0.2) is 11.4 Å². The Morgan fingerprint density at radius 2 is 2.20 bits per heavy atom. The maximum Gasteiger partial charge on any atom is 0.117 e. The lowest BCUT2D eigenvalue weighted by Gasteiger charge is -1.81. The molecule has 0 bridgehead atoms. The highest BCUT2D eigenvalue weighted by Crippen LogP contribution is 1.98. The van der Waals surface area contributed by atoms with Gasteiger partial charge >= 0.3 is 0 Å². The number of rotatable bonds is 1. The molecule has 0 fully saturated rings. The number of hydrogen-bond acceptors (Lipinski definition) is 0. The van der Waals surface area contributed by atoms with Crippen molar-refractivity contribution >= 4 is 24.2 Å². The monoisotopic (exact) mass is 113 g/mol. The molecule has 5 heavy (non-hydrogen) atoms. The summed E-state index contributed by atoms with van der Waals surface area (Å²) in [6.45, 7) is -0.614. The first-order valence-corrected chi connectivity index (χ1v) is 2.04. The molecular weight excluding hydrogens is 111 g/mol. The van der Waals surface area contributed by atoms with E-state index in [0.717, 1.165) is 0 Å². The van der Waals surface area contributed by atoms with E-state index in [9.17, 15) is 4.39 Å². The maximum absolute atomic E-state index is 10.9. The van der Waals surface area contributed by atoms with Crippen LogP contribution in [0.1, 0.15) is 0 Å². The fourth-order valence-corrected chi connectivity index (χ4v) is 0. The van der Waals surface area contributed by atoms with Crippen LogP contribution in [0, 0.1) is 0 Å². The third-order valence-electron chi connectivity index (χ3n) is 0.121. The van der Waals surface area contributed by atoms with Gasteiger partial charge < -0.3 is 0 Å². The van der Waals surface area contributed by atoms with Crippen LogP contribution in [0.15, 0.2) is 0 Å². The number of halogens is 2. The number of alkyl halides is 2. The Bertz CT molecular complexity index is 23.6. The van der Waals surface area contributed by atoms with Crippen LogP contribution in [0.5, 0.6) is 0 Å². The minimum Gasteiger partial charge on any atom is -0.249 e. The van der Waals surface area contributed by atoms with Crippen LogP contribution in [0.4, 0.5) is 4.39 Å². The predicted molar refractivity (Wildman–Crippen MR) is 23.2 cm³/mol. The molecule has 0 aliphatic carbocycles. The maximum atomic E-state index is 10.9. The predicted octanol–water partition coefficient (Wildman–Crippen LogP) is 1.72. The summed E-state index contributed by atoms with van der Waals surface area (Å²) in [7, 11) is 0. The molecule has 0 saturated carbocycles. The molecule has 0 aliphatic rings. The summed E-state index contributed by atoms with van der Waals surface area (Å²) < 4.78 is 10.2. The van der Waals surface area contributed by atoms with E-state index < -0.39 is 11.4 Å². The van der Waals surface area contributed by atoms with Gasteiger partial charge in [0.05, 0.1) is 0 Å². The minimum absolute atomic E-state index is 0.614. The largest absolute Gasteiger partial charge is 0.249 e. The highest BCUT2D eigenvalue weighted by molar-refractivity contribution is 7.82. The molecular formula is C2H3ClFS. The molecule has 0 aromatic carbocycles. The molecule has 1 atom stereocenters. The summed E-state index contributed by atoms with van der Waals surface area (Å²) in [5.41, 5.74) is 0. The van der Waals surface area contributed by atoms with Gasteiger partial charge in [0.25, 0.3) is 0 Å². The van der Waals surface area contributed by atoms with Gasteiger partial charge in [-0.15, -0.1) is 11.6 Å². The molecule has 0 N–H and O–H groups in total. The molecule has 0 aromatic rings. The quantitative estimate of drug-likeness (QED) is 0.455. The van der Waals surface area contributed by atoms with Gasteiger partial charge in [0, 0.05) is 0 Å². The van der Waals surface area contributed by atoms with E-state index in [0.29, 0.717) is 0 Å². The van der Waals surface area contributed by atoms with E-state index in [4.69, 9.17) is 11.6 Å². The van der Waals surface area contributed by atoms with Crippen LogP contribution in [0.25, 0.3) is 0 Å². The molecule has 0 heterocycles. The van der Waals surface area contributed by atoms with E-state index in [-0.39, 0.29) is 0 Å². The highest BCUT2D eigenvalue weighted by atomic mass is 35.5. The summed E-state index contributed by atoms with van der Waals surface area (Å²) >= 11 is 9.07. The first-order valence-electron chi connectivity index (χ1n) is 1.13. The van der Waals surface area contributed by atoms with Crippen LogP contribution in [-0.2, 0) is 0 Å². The lowest BCUT2D eigenvalue weighted by atomic mass is 10.9. The molecule has 0 spiro atoms. The summed E-state index contributed by atoms with van der Waals surface area (Å²) in [4.78, 5) is 0. The van der Waals surface area contributed by atoms with E-state index >= 15 is 0 Å². The van der Waals surface area contributed by atoms with Gasteiger partial charge in [-0.1, -0.05) is 12.6 Å². The van der Waals surface area contributed by atoms with Crippen LogP contribution in [0.3, 0.4) is 0 Å². The third-order valence-corrected chi connectivity index (χ3v) is 0.364. The zero-order chi connectivity index (χ0) is 4.28. The number of hydrogen-bond donors (Lipinski definition) is 0. The van der Waals surface area contributed by atoms with Crippen molar-refractivity contribution in [3.63, 3.8) is 0 Å². The molecule has 1 radical (unpaired) electrons. The molecule has 3 heteroatoms. The van der Waals surface area contributed by atoms with Gasteiger partial charge in [-0.05, 0) is 0 Å². The minimum atomic E-state index is -0.727. The normalized spacial score (nSPS) is 15.0. The topological polar surface area (TPSA) is 0 Å². The van der Waals surface area contributed by atoms with E-state index in [1.807, 2.05) is 0 Å². The Hall–Kier alpha value is 0.570. The van der Waals surface area contributed by atoms with E-state index in [2.05, 4.69) is 12.6 Å². The van der Waals surface area contributed by atoms with Crippen LogP contribution in [0.2, 0.25) is 0 Å². The van der Waals surface area contributed by atoms with Gasteiger partial charge in [-0.25, -0.2) is 4.39 Å². The first-order chi connectivity index (χ1) is 2.27. The third kappa shape index (κ3) is 4.57. The first kappa shape index (κ1) is 5.57. The van der Waals surface area contributed by atoms with Gasteiger partial charge in [0.1, 0.15) is 11.4 Å². The fraction of sp³-hybridized carbons (Fsp3) is 1.00. The average Bonchev–Trinajstić information content (AvgIpc) is 1.38. The summed E-state index contributed by atoms with van der Waals surface area (Å²) in [5.74, 6) is 0. The standard InChI is InChI=1S/C2H3ClFS/c3-2(5)1-4/h2H,1H2. The van der Waals surface area contributed by atoms with Crippen molar-refractivity contribution < 1.29 is 4.39 Å². The average molecular weight is 114 g/mol. The molecule has 0 rings (SSSR count). The second-order valence-corrected chi connectivity index (χ2v) is 1.92. The Morgan fingerprint density at radius 3 is 2.20 bits per heavy atom. The van der Waals surface area contributed by atoms with Crippen LogP contribution < -0.4 is 0 Å². The van der Waals surface area contributed by atoms with Crippen molar-refractivity contribution in [2.24, 2.45) is 0 Å². The van der Waals surface area contributed by atoms with Crippen molar-refractivity contribution in [2.45, 2.75) is 4.71 Å². The molecule has 0 nitrogen and oxygen atoms in total. The van der Waals surface area contributed by atoms with E-state index in [1.165, 1.54) is 0 Å². The van der Waals surface area contributed by atoms with Crippen molar-refractivity contribution in [3.8, 4) is 0 Å². The van der Waals surface area contributed by atoms with Crippen LogP contribution >= 0.6 is 24.2 Å². The Labute approximate surface area is 40.7 Å². The Kier molecular flexibility index (Phi) is 3.11. The zero-order valence-electron chi connectivity index (χ0n) is 2.45. The summed E-state index contributed by atoms with van der Waals surface area (Å²) in [5, 5.41) is 0. The van der Waals surface area contributed by atoms with Crippen molar-refractivity contribution in [2.75, 3.05) is 6.67 Å². The van der Waals surface area contributed by atoms with Crippen molar-refractivity contribution in [1.82, 2.24) is 0 Å². The Morgan fingerprint density at radius 1 is 2.00 bits per heavy atom. The lowest BCUT2D eigenvalue weighted by Crippen LogP contribution is -1.84. The molecule has 0 aliphatic heterocycles.